The number of ketones is 1. The van der Waals surface area contributed by atoms with Gasteiger partial charge in [0.25, 0.3) is 0 Å². The number of rotatable bonds is 5. The fourth-order valence-electron chi connectivity index (χ4n) is 1.77. The van der Waals surface area contributed by atoms with E-state index in [0.717, 1.165) is 12.1 Å². The van der Waals surface area contributed by atoms with Gasteiger partial charge in [0.05, 0.1) is 29.2 Å². The Kier molecular flexibility index (Phi) is 4.80. The van der Waals surface area contributed by atoms with Crippen molar-refractivity contribution in [2.45, 2.75) is 4.90 Å². The number of hydrogen-bond acceptors (Lipinski definition) is 3. The molecule has 0 fully saturated rings. The highest BCUT2D eigenvalue weighted by Gasteiger charge is 2.17. The highest BCUT2D eigenvalue weighted by Crippen LogP contribution is 2.19. The normalized spacial score (nSPS) is 12.0. The van der Waals surface area contributed by atoms with Crippen LogP contribution in [-0.4, -0.2) is 22.9 Å². The smallest absolute Gasteiger partial charge is 0.179 e. The summed E-state index contributed by atoms with van der Waals surface area (Å²) in [6.45, 7) is 0. The van der Waals surface area contributed by atoms with Crippen LogP contribution in [0, 0.1) is 11.6 Å². The summed E-state index contributed by atoms with van der Waals surface area (Å²) in [7, 11) is -0.326. The van der Waals surface area contributed by atoms with Crippen molar-refractivity contribution >= 4 is 16.6 Å². The zero-order valence-corrected chi connectivity index (χ0v) is 12.0. The Bertz CT molecular complexity index is 701. The molecular formula is C15H12F2O3S. The molecule has 21 heavy (non-hydrogen) atoms. The molecule has 0 aromatic heterocycles. The van der Waals surface area contributed by atoms with Crippen LogP contribution in [0.25, 0.3) is 0 Å². The Morgan fingerprint density at radius 3 is 2.52 bits per heavy atom. The molecule has 0 spiro atoms. The van der Waals surface area contributed by atoms with Gasteiger partial charge in [-0.15, -0.1) is 0 Å². The lowest BCUT2D eigenvalue weighted by Gasteiger charge is -2.07. The van der Waals surface area contributed by atoms with E-state index in [2.05, 4.69) is 0 Å². The van der Waals surface area contributed by atoms with Gasteiger partial charge in [-0.25, -0.2) is 8.78 Å². The third-order valence-electron chi connectivity index (χ3n) is 2.82. The maximum absolute atomic E-state index is 13.1. The van der Waals surface area contributed by atoms with Gasteiger partial charge in [0.2, 0.25) is 0 Å². The summed E-state index contributed by atoms with van der Waals surface area (Å²) in [6, 6.07) is 9.47. The van der Waals surface area contributed by atoms with Crippen LogP contribution in [0.3, 0.4) is 0 Å². The van der Waals surface area contributed by atoms with Gasteiger partial charge in [-0.3, -0.25) is 9.00 Å². The first-order valence-electron chi connectivity index (χ1n) is 6.02. The van der Waals surface area contributed by atoms with Crippen molar-refractivity contribution in [1.29, 1.82) is 0 Å². The molecule has 1 unspecified atom stereocenters. The summed E-state index contributed by atoms with van der Waals surface area (Å²) >= 11 is 0. The number of methoxy groups -OCH3 is 1. The molecule has 6 heteroatoms. The molecule has 110 valence electrons. The number of hydrogen-bond donors (Lipinski definition) is 0. The molecule has 0 aliphatic heterocycles. The van der Waals surface area contributed by atoms with Crippen molar-refractivity contribution in [3.05, 3.63) is 59.7 Å². The maximum atomic E-state index is 13.1. The molecular weight excluding hydrogens is 298 g/mol. The van der Waals surface area contributed by atoms with E-state index in [0.29, 0.717) is 11.3 Å². The fraction of sp³-hybridized carbons (Fsp3) is 0.133. The molecule has 0 aliphatic rings. The summed E-state index contributed by atoms with van der Waals surface area (Å²) in [5.41, 5.74) is 0.302. The zero-order chi connectivity index (χ0) is 15.4. The van der Waals surface area contributed by atoms with Crippen molar-refractivity contribution in [2.75, 3.05) is 12.9 Å². The largest absolute Gasteiger partial charge is 0.496 e. The molecule has 2 aromatic rings. The Labute approximate surface area is 123 Å². The summed E-state index contributed by atoms with van der Waals surface area (Å²) in [5, 5.41) is 0. The van der Waals surface area contributed by atoms with Crippen molar-refractivity contribution in [3.8, 4) is 5.75 Å². The van der Waals surface area contributed by atoms with E-state index in [1.165, 1.54) is 13.2 Å². The monoisotopic (exact) mass is 310 g/mol. The topological polar surface area (TPSA) is 43.4 Å². The predicted molar refractivity (Wildman–Crippen MR) is 75.0 cm³/mol. The van der Waals surface area contributed by atoms with Crippen LogP contribution in [0.5, 0.6) is 5.75 Å². The van der Waals surface area contributed by atoms with Crippen LogP contribution < -0.4 is 4.74 Å². The van der Waals surface area contributed by atoms with E-state index in [-0.39, 0.29) is 10.6 Å². The van der Waals surface area contributed by atoms with Crippen molar-refractivity contribution < 1.29 is 22.5 Å². The number of carbonyl (C=O) groups is 1. The van der Waals surface area contributed by atoms with Crippen LogP contribution in [0.4, 0.5) is 8.78 Å². The molecule has 0 amide bonds. The van der Waals surface area contributed by atoms with Gasteiger partial charge in [0.1, 0.15) is 5.75 Å². The molecule has 3 nitrogen and oxygen atoms in total. The minimum absolute atomic E-state index is 0.0668. The highest BCUT2D eigenvalue weighted by atomic mass is 32.2. The van der Waals surface area contributed by atoms with Crippen LogP contribution in [0.15, 0.2) is 47.4 Å². The van der Waals surface area contributed by atoms with Crippen molar-refractivity contribution in [3.63, 3.8) is 0 Å². The minimum Gasteiger partial charge on any atom is -0.496 e. The molecule has 0 N–H and O–H groups in total. The molecule has 0 saturated carbocycles. The molecule has 0 heterocycles. The molecule has 1 atom stereocenters. The first-order chi connectivity index (χ1) is 10.0. The van der Waals surface area contributed by atoms with Gasteiger partial charge in [0, 0.05) is 4.90 Å². The van der Waals surface area contributed by atoms with Gasteiger partial charge >= 0.3 is 0 Å². The average Bonchev–Trinajstić information content (AvgIpc) is 2.49. The number of carbonyl (C=O) groups excluding carboxylic acids is 1. The number of ether oxygens (including phenoxy) is 1. The van der Waals surface area contributed by atoms with Crippen LogP contribution in [0.1, 0.15) is 10.4 Å². The summed E-state index contributed by atoms with van der Waals surface area (Å²) in [5.74, 6) is -2.46. The lowest BCUT2D eigenvalue weighted by Crippen LogP contribution is -2.12. The standard InChI is InChI=1S/C15H12F2O3S/c1-20-15-5-3-2-4-11(15)14(18)9-21(19)10-6-7-12(16)13(17)8-10/h2-8H,9H2,1H3. The maximum Gasteiger partial charge on any atom is 0.179 e. The second kappa shape index (κ2) is 6.58. The number of benzene rings is 2. The molecule has 0 bridgehead atoms. The average molecular weight is 310 g/mol. The Balaban J connectivity index is 2.19. The SMILES string of the molecule is COc1ccccc1C(=O)CS(=O)c1ccc(F)c(F)c1. The lowest BCUT2D eigenvalue weighted by atomic mass is 10.1. The number of Topliss-reactive ketones (excluding diaryl/α,β-unsaturated/α-hetero) is 1. The Morgan fingerprint density at radius 2 is 1.86 bits per heavy atom. The lowest BCUT2D eigenvalue weighted by molar-refractivity contribution is 0.101. The molecule has 2 aromatic carbocycles. The molecule has 0 radical (unpaired) electrons. The quantitative estimate of drug-likeness (QED) is 0.798. The third kappa shape index (κ3) is 3.52. The third-order valence-corrected chi connectivity index (χ3v) is 4.13. The van der Waals surface area contributed by atoms with Gasteiger partial charge in [0.15, 0.2) is 17.4 Å². The predicted octanol–water partition coefficient (Wildman–Crippen LogP) is 2.96. The summed E-state index contributed by atoms with van der Waals surface area (Å²) < 4.78 is 43.0. The van der Waals surface area contributed by atoms with Crippen molar-refractivity contribution in [2.24, 2.45) is 0 Å². The van der Waals surface area contributed by atoms with Gasteiger partial charge in [-0.2, -0.15) is 0 Å². The molecule has 0 saturated heterocycles. The summed E-state index contributed by atoms with van der Waals surface area (Å²) in [6.07, 6.45) is 0. The van der Waals surface area contributed by atoms with E-state index in [9.17, 15) is 17.8 Å². The van der Waals surface area contributed by atoms with Crippen LogP contribution in [-0.2, 0) is 10.8 Å². The minimum atomic E-state index is -1.75. The van der Waals surface area contributed by atoms with Crippen molar-refractivity contribution in [1.82, 2.24) is 0 Å². The first-order valence-corrected chi connectivity index (χ1v) is 7.34. The summed E-state index contributed by atoms with van der Waals surface area (Å²) in [4.78, 5) is 12.2. The van der Waals surface area contributed by atoms with Gasteiger partial charge in [-0.05, 0) is 30.3 Å². The van der Waals surface area contributed by atoms with E-state index < -0.39 is 28.2 Å². The van der Waals surface area contributed by atoms with Gasteiger partial charge < -0.3 is 4.74 Å². The Morgan fingerprint density at radius 1 is 1.14 bits per heavy atom. The second-order valence-corrected chi connectivity index (χ2v) is 5.64. The van der Waals surface area contributed by atoms with E-state index >= 15 is 0 Å². The van der Waals surface area contributed by atoms with Crippen LogP contribution in [0.2, 0.25) is 0 Å². The zero-order valence-electron chi connectivity index (χ0n) is 11.1. The van der Waals surface area contributed by atoms with Gasteiger partial charge in [-0.1, -0.05) is 12.1 Å². The molecule has 0 aliphatic carbocycles. The van der Waals surface area contributed by atoms with E-state index in [1.807, 2.05) is 0 Å². The second-order valence-electron chi connectivity index (χ2n) is 4.19. The number of para-hydroxylation sites is 1. The fourth-order valence-corrected chi connectivity index (χ4v) is 2.79. The van der Waals surface area contributed by atoms with E-state index in [4.69, 9.17) is 4.74 Å². The van der Waals surface area contributed by atoms with E-state index in [1.54, 1.807) is 24.3 Å². The first kappa shape index (κ1) is 15.3. The van der Waals surface area contributed by atoms with Crippen LogP contribution >= 0.6 is 0 Å². The molecule has 2 rings (SSSR count). The number of halogens is 2. The Hall–Kier alpha value is -2.08. The highest BCUT2D eigenvalue weighted by molar-refractivity contribution is 7.85.